The molecule has 6 heteroatoms. The maximum atomic E-state index is 11.9. The lowest BCUT2D eigenvalue weighted by Crippen LogP contribution is -2.27. The molecule has 1 fully saturated rings. The minimum atomic E-state index is -0.396. The highest BCUT2D eigenvalue weighted by atomic mass is 16.6. The summed E-state index contributed by atoms with van der Waals surface area (Å²) in [6.07, 6.45) is 0.407. The highest BCUT2D eigenvalue weighted by Crippen LogP contribution is 2.28. The maximum Gasteiger partial charge on any atom is 0.272 e. The molecule has 1 aliphatic rings. The molecule has 0 radical (unpaired) electrons. The van der Waals surface area contributed by atoms with E-state index in [1.165, 1.54) is 6.07 Å². The van der Waals surface area contributed by atoms with Gasteiger partial charge in [-0.25, -0.2) is 0 Å². The van der Waals surface area contributed by atoms with Crippen LogP contribution in [0.2, 0.25) is 0 Å². The van der Waals surface area contributed by atoms with Crippen molar-refractivity contribution < 1.29 is 9.72 Å². The van der Waals surface area contributed by atoms with Gasteiger partial charge in [-0.15, -0.1) is 0 Å². The van der Waals surface area contributed by atoms with E-state index in [-0.39, 0.29) is 23.8 Å². The lowest BCUT2D eigenvalue weighted by Gasteiger charge is -2.19. The number of likely N-dealkylation sites (N-methyl/N-ethyl adjacent to an activating group) is 1. The summed E-state index contributed by atoms with van der Waals surface area (Å²) in [5, 5.41) is 14.2. The molecule has 2 unspecified atom stereocenters. The average molecular weight is 263 g/mol. The second-order valence-corrected chi connectivity index (χ2v) is 4.78. The summed E-state index contributed by atoms with van der Waals surface area (Å²) in [7, 11) is 1.71. The van der Waals surface area contributed by atoms with Crippen LogP contribution in [0.25, 0.3) is 0 Å². The summed E-state index contributed by atoms with van der Waals surface area (Å²) in [6.45, 7) is 3.64. The summed E-state index contributed by atoms with van der Waals surface area (Å²) in [5.41, 5.74) is 1.44. The Morgan fingerprint density at radius 1 is 1.47 bits per heavy atom. The Bertz CT molecular complexity index is 530. The highest BCUT2D eigenvalue weighted by Gasteiger charge is 2.36. The molecular weight excluding hydrogens is 246 g/mol. The van der Waals surface area contributed by atoms with E-state index >= 15 is 0 Å². The van der Waals surface area contributed by atoms with Gasteiger partial charge in [-0.3, -0.25) is 20.2 Å². The number of nitrogens with one attached hydrogen (secondary N) is 1. The Labute approximate surface area is 111 Å². The molecular formula is C13H17N3O3. The first kappa shape index (κ1) is 13.5. The van der Waals surface area contributed by atoms with E-state index in [9.17, 15) is 14.9 Å². The first-order chi connectivity index (χ1) is 8.95. The lowest BCUT2D eigenvalue weighted by atomic mass is 10.1. The normalized spacial score (nSPS) is 22.9. The molecule has 0 aliphatic carbocycles. The molecule has 19 heavy (non-hydrogen) atoms. The zero-order valence-electron chi connectivity index (χ0n) is 11.2. The van der Waals surface area contributed by atoms with Gasteiger partial charge in [-0.05, 0) is 18.9 Å². The molecule has 2 atom stereocenters. The Kier molecular flexibility index (Phi) is 3.53. The van der Waals surface area contributed by atoms with Crippen LogP contribution < -0.4 is 5.32 Å². The zero-order chi connectivity index (χ0) is 14.2. The van der Waals surface area contributed by atoms with Crippen LogP contribution in [0.5, 0.6) is 0 Å². The van der Waals surface area contributed by atoms with E-state index in [1.807, 2.05) is 13.0 Å². The standard InChI is InChI=1S/C13H17N3O3/c1-4-10-13(17)15(3)12(14-10)9-6-5-8(2)11(7-9)16(18)19/h5-7,10,12,14H,4H2,1-3H3. The van der Waals surface area contributed by atoms with Crippen LogP contribution in [-0.2, 0) is 4.79 Å². The molecule has 1 aromatic rings. The molecule has 1 heterocycles. The zero-order valence-corrected chi connectivity index (χ0v) is 11.2. The predicted octanol–water partition coefficient (Wildman–Crippen LogP) is 1.74. The third-order valence-corrected chi connectivity index (χ3v) is 3.55. The fourth-order valence-electron chi connectivity index (χ4n) is 2.35. The smallest absolute Gasteiger partial charge is 0.272 e. The van der Waals surface area contributed by atoms with Crippen molar-refractivity contribution in [2.75, 3.05) is 7.05 Å². The minimum Gasteiger partial charge on any atom is -0.325 e. The number of rotatable bonds is 3. The summed E-state index contributed by atoms with van der Waals surface area (Å²) < 4.78 is 0. The number of aryl methyl sites for hydroxylation is 1. The van der Waals surface area contributed by atoms with Gasteiger partial charge in [0, 0.05) is 18.7 Å². The number of nitrogens with zero attached hydrogens (tertiary/aromatic N) is 2. The number of hydrogen-bond acceptors (Lipinski definition) is 4. The van der Waals surface area contributed by atoms with Crippen molar-refractivity contribution in [1.82, 2.24) is 10.2 Å². The van der Waals surface area contributed by atoms with Crippen molar-refractivity contribution in [2.24, 2.45) is 0 Å². The van der Waals surface area contributed by atoms with Gasteiger partial charge < -0.3 is 4.90 Å². The van der Waals surface area contributed by atoms with Gasteiger partial charge >= 0.3 is 0 Å². The van der Waals surface area contributed by atoms with Crippen molar-refractivity contribution in [1.29, 1.82) is 0 Å². The molecule has 1 saturated heterocycles. The van der Waals surface area contributed by atoms with Gasteiger partial charge in [0.05, 0.1) is 11.0 Å². The summed E-state index contributed by atoms with van der Waals surface area (Å²) in [6, 6.07) is 4.86. The SMILES string of the molecule is CCC1NC(c2ccc(C)c([N+](=O)[O-])c2)N(C)C1=O. The topological polar surface area (TPSA) is 75.5 Å². The Balaban J connectivity index is 2.35. The molecule has 0 saturated carbocycles. The Hall–Kier alpha value is -1.95. The Morgan fingerprint density at radius 2 is 2.16 bits per heavy atom. The van der Waals surface area contributed by atoms with Crippen molar-refractivity contribution in [3.63, 3.8) is 0 Å². The van der Waals surface area contributed by atoms with Crippen molar-refractivity contribution in [3.8, 4) is 0 Å². The number of nitro groups is 1. The van der Waals surface area contributed by atoms with Crippen LogP contribution in [0.1, 0.15) is 30.6 Å². The maximum absolute atomic E-state index is 11.9. The lowest BCUT2D eigenvalue weighted by molar-refractivity contribution is -0.385. The van der Waals surface area contributed by atoms with E-state index in [1.54, 1.807) is 24.9 Å². The van der Waals surface area contributed by atoms with Gasteiger partial charge in [0.15, 0.2) is 0 Å². The highest BCUT2D eigenvalue weighted by molar-refractivity contribution is 5.84. The van der Waals surface area contributed by atoms with Crippen LogP contribution in [0, 0.1) is 17.0 Å². The molecule has 0 spiro atoms. The molecule has 2 rings (SSSR count). The molecule has 1 aliphatic heterocycles. The van der Waals surface area contributed by atoms with Crippen LogP contribution in [0.3, 0.4) is 0 Å². The fourth-order valence-corrected chi connectivity index (χ4v) is 2.35. The third kappa shape index (κ3) is 2.31. The second-order valence-electron chi connectivity index (χ2n) is 4.78. The summed E-state index contributed by atoms with van der Waals surface area (Å²) >= 11 is 0. The van der Waals surface area contributed by atoms with E-state index in [0.29, 0.717) is 12.0 Å². The van der Waals surface area contributed by atoms with Gasteiger partial charge in [0.2, 0.25) is 5.91 Å². The van der Waals surface area contributed by atoms with Crippen LogP contribution in [0.4, 0.5) is 5.69 Å². The van der Waals surface area contributed by atoms with Crippen molar-refractivity contribution >= 4 is 11.6 Å². The monoisotopic (exact) mass is 263 g/mol. The molecule has 102 valence electrons. The molecule has 0 aromatic heterocycles. The first-order valence-corrected chi connectivity index (χ1v) is 6.23. The van der Waals surface area contributed by atoms with Crippen molar-refractivity contribution in [3.05, 3.63) is 39.4 Å². The van der Waals surface area contributed by atoms with Crippen LogP contribution >= 0.6 is 0 Å². The minimum absolute atomic E-state index is 0.0238. The number of carbonyl (C=O) groups excluding carboxylic acids is 1. The van der Waals surface area contributed by atoms with E-state index < -0.39 is 4.92 Å². The van der Waals surface area contributed by atoms with Crippen molar-refractivity contribution in [2.45, 2.75) is 32.5 Å². The molecule has 1 amide bonds. The van der Waals surface area contributed by atoms with Gasteiger partial charge in [-0.2, -0.15) is 0 Å². The molecule has 0 bridgehead atoms. The molecule has 1 N–H and O–H groups in total. The van der Waals surface area contributed by atoms with Gasteiger partial charge in [0.25, 0.3) is 5.69 Å². The van der Waals surface area contributed by atoms with E-state index in [0.717, 1.165) is 5.56 Å². The summed E-state index contributed by atoms with van der Waals surface area (Å²) in [4.78, 5) is 24.1. The Morgan fingerprint density at radius 3 is 2.68 bits per heavy atom. The fraction of sp³-hybridized carbons (Fsp3) is 0.462. The quantitative estimate of drug-likeness (QED) is 0.665. The molecule has 1 aromatic carbocycles. The average Bonchev–Trinajstić information content (AvgIpc) is 2.66. The van der Waals surface area contributed by atoms with Gasteiger partial charge in [-0.1, -0.05) is 19.1 Å². The van der Waals surface area contributed by atoms with E-state index in [4.69, 9.17) is 0 Å². The van der Waals surface area contributed by atoms with E-state index in [2.05, 4.69) is 5.32 Å². The molecule has 6 nitrogen and oxygen atoms in total. The summed E-state index contributed by atoms with van der Waals surface area (Å²) in [5.74, 6) is 0.0238. The number of carbonyl (C=O) groups is 1. The number of nitro benzene ring substituents is 1. The number of benzene rings is 1. The number of hydrogen-bond donors (Lipinski definition) is 1. The van der Waals surface area contributed by atoms with Crippen LogP contribution in [-0.4, -0.2) is 28.8 Å². The number of amides is 1. The first-order valence-electron chi connectivity index (χ1n) is 6.23. The largest absolute Gasteiger partial charge is 0.325 e. The third-order valence-electron chi connectivity index (χ3n) is 3.55. The van der Waals surface area contributed by atoms with Gasteiger partial charge in [0.1, 0.15) is 6.17 Å². The second kappa shape index (κ2) is 4.97. The van der Waals surface area contributed by atoms with Crippen LogP contribution in [0.15, 0.2) is 18.2 Å². The predicted molar refractivity (Wildman–Crippen MR) is 70.6 cm³/mol.